The van der Waals surface area contributed by atoms with Crippen molar-refractivity contribution < 1.29 is 0 Å². The second kappa shape index (κ2) is 5.66. The van der Waals surface area contributed by atoms with Gasteiger partial charge in [-0.25, -0.2) is 0 Å². The summed E-state index contributed by atoms with van der Waals surface area (Å²) >= 11 is 0. The SMILES string of the molecule is CNC(c1c(C)cccc1C)c1cccc2cccnc12. The van der Waals surface area contributed by atoms with Gasteiger partial charge in [-0.05, 0) is 49.2 Å². The summed E-state index contributed by atoms with van der Waals surface area (Å²) in [4.78, 5) is 4.59. The maximum absolute atomic E-state index is 4.59. The molecule has 1 aromatic heterocycles. The van der Waals surface area contributed by atoms with Crippen molar-refractivity contribution in [3.63, 3.8) is 0 Å². The summed E-state index contributed by atoms with van der Waals surface area (Å²) < 4.78 is 0. The molecule has 0 bridgehead atoms. The van der Waals surface area contributed by atoms with Crippen LogP contribution in [0.3, 0.4) is 0 Å². The predicted octanol–water partition coefficient (Wildman–Crippen LogP) is 4.16. The Morgan fingerprint density at radius 2 is 1.57 bits per heavy atom. The maximum atomic E-state index is 4.59. The van der Waals surface area contributed by atoms with Crippen molar-refractivity contribution in [2.45, 2.75) is 19.9 Å². The van der Waals surface area contributed by atoms with Crippen molar-refractivity contribution >= 4 is 10.9 Å². The minimum atomic E-state index is 0.157. The first-order valence-corrected chi connectivity index (χ1v) is 7.29. The van der Waals surface area contributed by atoms with Gasteiger partial charge in [0.2, 0.25) is 0 Å². The van der Waals surface area contributed by atoms with Gasteiger partial charge in [-0.1, -0.05) is 42.5 Å². The molecular weight excluding hydrogens is 256 g/mol. The van der Waals surface area contributed by atoms with E-state index in [1.54, 1.807) is 0 Å². The number of para-hydroxylation sites is 1. The van der Waals surface area contributed by atoms with Crippen LogP contribution in [0.25, 0.3) is 10.9 Å². The van der Waals surface area contributed by atoms with E-state index in [1.165, 1.54) is 27.6 Å². The fourth-order valence-electron chi connectivity index (χ4n) is 3.10. The van der Waals surface area contributed by atoms with Crippen LogP contribution in [-0.2, 0) is 0 Å². The zero-order chi connectivity index (χ0) is 14.8. The highest BCUT2D eigenvalue weighted by Crippen LogP contribution is 2.31. The first-order valence-electron chi connectivity index (χ1n) is 7.29. The van der Waals surface area contributed by atoms with Crippen LogP contribution in [0.2, 0.25) is 0 Å². The lowest BCUT2D eigenvalue weighted by molar-refractivity contribution is 0.687. The Morgan fingerprint density at radius 3 is 2.29 bits per heavy atom. The summed E-state index contributed by atoms with van der Waals surface area (Å²) in [5.41, 5.74) is 6.26. The van der Waals surface area contributed by atoms with Crippen LogP contribution in [0, 0.1) is 13.8 Å². The van der Waals surface area contributed by atoms with Crippen molar-refractivity contribution in [1.82, 2.24) is 10.3 Å². The van der Waals surface area contributed by atoms with Crippen molar-refractivity contribution in [1.29, 1.82) is 0 Å². The molecule has 2 nitrogen and oxygen atoms in total. The molecule has 1 unspecified atom stereocenters. The molecule has 106 valence electrons. The van der Waals surface area contributed by atoms with Crippen LogP contribution in [0.5, 0.6) is 0 Å². The summed E-state index contributed by atoms with van der Waals surface area (Å²) in [7, 11) is 2.01. The van der Waals surface area contributed by atoms with Gasteiger partial charge in [-0.3, -0.25) is 4.98 Å². The Morgan fingerprint density at radius 1 is 0.905 bits per heavy atom. The molecule has 0 spiro atoms. The monoisotopic (exact) mass is 276 g/mol. The first kappa shape index (κ1) is 13.8. The Balaban J connectivity index is 2.24. The summed E-state index contributed by atoms with van der Waals surface area (Å²) in [6.45, 7) is 4.34. The highest BCUT2D eigenvalue weighted by Gasteiger charge is 2.18. The predicted molar refractivity (Wildman–Crippen MR) is 88.6 cm³/mol. The molecule has 2 aromatic carbocycles. The van der Waals surface area contributed by atoms with Crippen LogP contribution in [-0.4, -0.2) is 12.0 Å². The molecule has 2 heteroatoms. The number of aryl methyl sites for hydroxylation is 2. The average molecular weight is 276 g/mol. The fraction of sp³-hybridized carbons (Fsp3) is 0.211. The van der Waals surface area contributed by atoms with Gasteiger partial charge in [0.25, 0.3) is 0 Å². The molecule has 0 aliphatic rings. The van der Waals surface area contributed by atoms with E-state index in [-0.39, 0.29) is 6.04 Å². The lowest BCUT2D eigenvalue weighted by atomic mass is 9.90. The Kier molecular flexibility index (Phi) is 3.72. The maximum Gasteiger partial charge on any atom is 0.0753 e. The molecule has 1 N–H and O–H groups in total. The number of rotatable bonds is 3. The van der Waals surface area contributed by atoms with E-state index in [4.69, 9.17) is 0 Å². The number of nitrogens with one attached hydrogen (secondary N) is 1. The number of fused-ring (bicyclic) bond motifs is 1. The molecular formula is C19H20N2. The molecule has 0 aliphatic carbocycles. The van der Waals surface area contributed by atoms with Crippen molar-refractivity contribution in [2.24, 2.45) is 0 Å². The van der Waals surface area contributed by atoms with E-state index >= 15 is 0 Å². The average Bonchev–Trinajstić information content (AvgIpc) is 2.51. The number of pyridine rings is 1. The number of nitrogens with zero attached hydrogens (tertiary/aromatic N) is 1. The summed E-state index contributed by atoms with van der Waals surface area (Å²) in [5, 5.41) is 4.65. The molecule has 0 aliphatic heterocycles. The Bertz CT molecular complexity index is 752. The van der Waals surface area contributed by atoms with Crippen LogP contribution in [0.15, 0.2) is 54.7 Å². The lowest BCUT2D eigenvalue weighted by Gasteiger charge is -2.22. The van der Waals surface area contributed by atoms with Gasteiger partial charge in [-0.2, -0.15) is 0 Å². The van der Waals surface area contributed by atoms with Crippen molar-refractivity contribution in [3.8, 4) is 0 Å². The van der Waals surface area contributed by atoms with Crippen molar-refractivity contribution in [2.75, 3.05) is 7.05 Å². The molecule has 0 amide bonds. The smallest absolute Gasteiger partial charge is 0.0753 e. The summed E-state index contributed by atoms with van der Waals surface area (Å²) in [6.07, 6.45) is 1.86. The quantitative estimate of drug-likeness (QED) is 0.777. The number of hydrogen-bond acceptors (Lipinski definition) is 2. The van der Waals surface area contributed by atoms with E-state index in [1.807, 2.05) is 19.3 Å². The number of aromatic nitrogens is 1. The van der Waals surface area contributed by atoms with Crippen LogP contribution < -0.4 is 5.32 Å². The summed E-state index contributed by atoms with van der Waals surface area (Å²) in [6, 6.07) is 17.1. The third kappa shape index (κ3) is 2.43. The normalized spacial score (nSPS) is 12.5. The molecule has 1 heterocycles. The van der Waals surface area contributed by atoms with E-state index in [9.17, 15) is 0 Å². The topological polar surface area (TPSA) is 24.9 Å². The standard InChI is InChI=1S/C19H20N2/c1-13-7-4-8-14(2)17(13)19(20-3)16-11-5-9-15-10-6-12-21-18(15)16/h4-12,19-20H,1-3H3. The molecule has 0 saturated carbocycles. The van der Waals surface area contributed by atoms with Crippen LogP contribution in [0.4, 0.5) is 0 Å². The zero-order valence-corrected chi connectivity index (χ0v) is 12.7. The molecule has 3 rings (SSSR count). The van der Waals surface area contributed by atoms with Crippen LogP contribution in [0.1, 0.15) is 28.3 Å². The van der Waals surface area contributed by atoms with Gasteiger partial charge in [-0.15, -0.1) is 0 Å². The van der Waals surface area contributed by atoms with Gasteiger partial charge >= 0.3 is 0 Å². The van der Waals surface area contributed by atoms with Gasteiger partial charge in [0, 0.05) is 11.6 Å². The molecule has 0 saturated heterocycles. The second-order valence-corrected chi connectivity index (χ2v) is 5.45. The van der Waals surface area contributed by atoms with E-state index in [2.05, 4.69) is 66.6 Å². The molecule has 0 radical (unpaired) electrons. The van der Waals surface area contributed by atoms with E-state index in [0.717, 1.165) is 5.52 Å². The second-order valence-electron chi connectivity index (χ2n) is 5.45. The summed E-state index contributed by atoms with van der Waals surface area (Å²) in [5.74, 6) is 0. The van der Waals surface area contributed by atoms with Gasteiger partial charge in [0.15, 0.2) is 0 Å². The highest BCUT2D eigenvalue weighted by molar-refractivity contribution is 5.82. The van der Waals surface area contributed by atoms with Gasteiger partial charge in [0.1, 0.15) is 0 Å². The zero-order valence-electron chi connectivity index (χ0n) is 12.7. The van der Waals surface area contributed by atoms with E-state index < -0.39 is 0 Å². The number of hydrogen-bond donors (Lipinski definition) is 1. The third-order valence-electron chi connectivity index (χ3n) is 4.09. The lowest BCUT2D eigenvalue weighted by Crippen LogP contribution is -2.20. The Labute approximate surface area is 125 Å². The first-order chi connectivity index (χ1) is 10.2. The van der Waals surface area contributed by atoms with Gasteiger partial charge < -0.3 is 5.32 Å². The Hall–Kier alpha value is -2.19. The molecule has 0 fully saturated rings. The van der Waals surface area contributed by atoms with Crippen LogP contribution >= 0.6 is 0 Å². The van der Waals surface area contributed by atoms with Crippen molar-refractivity contribution in [3.05, 3.63) is 77.0 Å². The van der Waals surface area contributed by atoms with Gasteiger partial charge in [0.05, 0.1) is 11.6 Å². The molecule has 3 aromatic rings. The number of benzene rings is 2. The van der Waals surface area contributed by atoms with E-state index in [0.29, 0.717) is 0 Å². The minimum absolute atomic E-state index is 0.157. The molecule has 21 heavy (non-hydrogen) atoms. The largest absolute Gasteiger partial charge is 0.309 e. The fourth-order valence-corrected chi connectivity index (χ4v) is 3.10. The molecule has 1 atom stereocenters. The minimum Gasteiger partial charge on any atom is -0.309 e. The highest BCUT2D eigenvalue weighted by atomic mass is 14.9. The third-order valence-corrected chi connectivity index (χ3v) is 4.09.